The molecule has 4 rings (SSSR count). The molecule has 0 unspecified atom stereocenters. The number of imidazole rings is 1. The molecule has 1 amide bonds. The van der Waals surface area contributed by atoms with Crippen LogP contribution >= 0.6 is 0 Å². The van der Waals surface area contributed by atoms with E-state index in [4.69, 9.17) is 9.47 Å². The molecule has 9 nitrogen and oxygen atoms in total. The van der Waals surface area contributed by atoms with Crippen LogP contribution in [0.25, 0.3) is 16.6 Å². The fourth-order valence-electron chi connectivity index (χ4n) is 4.07. The second-order valence-corrected chi connectivity index (χ2v) is 7.70. The Hall–Kier alpha value is -3.17. The summed E-state index contributed by atoms with van der Waals surface area (Å²) in [6.07, 6.45) is 10.0. The second kappa shape index (κ2) is 9.32. The van der Waals surface area contributed by atoms with Crippen LogP contribution in [0.1, 0.15) is 46.4 Å². The van der Waals surface area contributed by atoms with Gasteiger partial charge in [0.15, 0.2) is 0 Å². The molecule has 0 spiro atoms. The number of nitrogens with zero attached hydrogens (tertiary/aromatic N) is 2. The van der Waals surface area contributed by atoms with Crippen LogP contribution in [-0.2, 0) is 9.47 Å². The van der Waals surface area contributed by atoms with Gasteiger partial charge >= 0.3 is 5.97 Å². The van der Waals surface area contributed by atoms with E-state index in [2.05, 4.69) is 15.3 Å². The molecule has 164 valence electrons. The number of carbonyl (C=O) groups excluding carboxylic acids is 1. The third-order valence-electron chi connectivity index (χ3n) is 5.70. The molecule has 1 aromatic carbocycles. The summed E-state index contributed by atoms with van der Waals surface area (Å²) in [4.78, 5) is 31.8. The average Bonchev–Trinajstić information content (AvgIpc) is 3.44. The number of nitrogens with one attached hydrogen (secondary N) is 2. The van der Waals surface area contributed by atoms with E-state index in [1.165, 1.54) is 6.20 Å². The van der Waals surface area contributed by atoms with Crippen molar-refractivity contribution in [2.24, 2.45) is 0 Å². The van der Waals surface area contributed by atoms with Gasteiger partial charge in [0.2, 0.25) is 0 Å². The zero-order valence-electron chi connectivity index (χ0n) is 17.3. The molecule has 31 heavy (non-hydrogen) atoms. The number of aromatic nitrogens is 3. The number of carboxylic acids is 1. The van der Waals surface area contributed by atoms with E-state index < -0.39 is 5.97 Å². The van der Waals surface area contributed by atoms with Gasteiger partial charge in [-0.05, 0) is 37.8 Å². The summed E-state index contributed by atoms with van der Waals surface area (Å²) in [5.41, 5.74) is 1.72. The van der Waals surface area contributed by atoms with Crippen molar-refractivity contribution in [1.82, 2.24) is 19.9 Å². The van der Waals surface area contributed by atoms with Crippen molar-refractivity contribution in [3.05, 3.63) is 48.2 Å². The molecule has 3 aromatic rings. The Kier molecular flexibility index (Phi) is 6.34. The molecule has 0 radical (unpaired) electrons. The van der Waals surface area contributed by atoms with Crippen LogP contribution < -0.4 is 5.32 Å². The van der Waals surface area contributed by atoms with Crippen LogP contribution in [0.3, 0.4) is 0 Å². The van der Waals surface area contributed by atoms with E-state index in [0.717, 1.165) is 25.7 Å². The smallest absolute Gasteiger partial charge is 0.337 e. The summed E-state index contributed by atoms with van der Waals surface area (Å²) in [5.74, 6) is -1.28. The molecule has 1 aliphatic carbocycles. The number of carboxylic acid groups (broad SMARTS) is 1. The van der Waals surface area contributed by atoms with Crippen LogP contribution in [0.2, 0.25) is 0 Å². The van der Waals surface area contributed by atoms with Crippen molar-refractivity contribution in [1.29, 1.82) is 0 Å². The highest BCUT2D eigenvalue weighted by atomic mass is 16.5. The Morgan fingerprint density at radius 1 is 1.23 bits per heavy atom. The minimum absolute atomic E-state index is 0.0515. The number of benzene rings is 1. The van der Waals surface area contributed by atoms with Gasteiger partial charge in [0.1, 0.15) is 0 Å². The van der Waals surface area contributed by atoms with Gasteiger partial charge in [-0.2, -0.15) is 0 Å². The number of ether oxygens (including phenoxy) is 2. The van der Waals surface area contributed by atoms with Crippen LogP contribution in [0, 0.1) is 0 Å². The fourth-order valence-corrected chi connectivity index (χ4v) is 4.07. The van der Waals surface area contributed by atoms with Crippen molar-refractivity contribution in [3.8, 4) is 5.69 Å². The lowest BCUT2D eigenvalue weighted by Gasteiger charge is -2.29. The third kappa shape index (κ3) is 4.62. The lowest BCUT2D eigenvalue weighted by Crippen LogP contribution is -2.39. The van der Waals surface area contributed by atoms with Gasteiger partial charge in [0, 0.05) is 42.8 Å². The average molecular weight is 426 g/mol. The maximum atomic E-state index is 13.2. The Balaban J connectivity index is 1.53. The number of H-pyrrole nitrogens is 1. The van der Waals surface area contributed by atoms with Gasteiger partial charge in [-0.3, -0.25) is 4.79 Å². The number of amides is 1. The predicted octanol–water partition coefficient (Wildman–Crippen LogP) is 2.76. The van der Waals surface area contributed by atoms with Gasteiger partial charge in [-0.25, -0.2) is 9.78 Å². The molecule has 1 aliphatic rings. The van der Waals surface area contributed by atoms with E-state index in [-0.39, 0.29) is 23.6 Å². The summed E-state index contributed by atoms with van der Waals surface area (Å²) in [6, 6.07) is 3.55. The zero-order chi connectivity index (χ0) is 21.8. The highest BCUT2D eigenvalue weighted by Gasteiger charge is 2.25. The van der Waals surface area contributed by atoms with Gasteiger partial charge in [0.05, 0.1) is 42.3 Å². The Morgan fingerprint density at radius 3 is 2.71 bits per heavy atom. The summed E-state index contributed by atoms with van der Waals surface area (Å²) in [7, 11) is 1.65. The Labute approximate surface area is 179 Å². The summed E-state index contributed by atoms with van der Waals surface area (Å²) >= 11 is 0. The van der Waals surface area contributed by atoms with Crippen LogP contribution in [0.4, 0.5) is 0 Å². The van der Waals surface area contributed by atoms with Crippen molar-refractivity contribution >= 4 is 22.8 Å². The summed E-state index contributed by atoms with van der Waals surface area (Å²) in [5, 5.41) is 13.1. The van der Waals surface area contributed by atoms with Crippen molar-refractivity contribution < 1.29 is 24.2 Å². The maximum absolute atomic E-state index is 13.2. The van der Waals surface area contributed by atoms with Crippen LogP contribution in [0.15, 0.2) is 37.1 Å². The maximum Gasteiger partial charge on any atom is 0.337 e. The summed E-state index contributed by atoms with van der Waals surface area (Å²) < 4.78 is 12.6. The highest BCUT2D eigenvalue weighted by molar-refractivity contribution is 6.12. The zero-order valence-corrected chi connectivity index (χ0v) is 17.3. The first-order valence-electron chi connectivity index (χ1n) is 10.3. The van der Waals surface area contributed by atoms with E-state index in [0.29, 0.717) is 35.4 Å². The van der Waals surface area contributed by atoms with Crippen LogP contribution in [-0.4, -0.2) is 64.0 Å². The number of hydrogen-bond donors (Lipinski definition) is 3. The standard InChI is InChI=1S/C22H26N4O5/c1-30-8-9-31-16-4-2-14(3-5-16)25-21(27)18-11-15(26-7-6-23-13-26)10-17-19(22(28)29)12-24-20(17)18/h6-7,10-14,16,24H,2-5,8-9H2,1H3,(H,25,27)(H,28,29). The van der Waals surface area contributed by atoms with Crippen molar-refractivity contribution in [2.45, 2.75) is 37.8 Å². The van der Waals surface area contributed by atoms with Crippen molar-refractivity contribution in [2.75, 3.05) is 20.3 Å². The monoisotopic (exact) mass is 426 g/mol. The highest BCUT2D eigenvalue weighted by Crippen LogP contribution is 2.27. The number of aromatic amines is 1. The molecular weight excluding hydrogens is 400 g/mol. The van der Waals surface area contributed by atoms with E-state index in [9.17, 15) is 14.7 Å². The molecule has 9 heteroatoms. The molecule has 1 saturated carbocycles. The third-order valence-corrected chi connectivity index (χ3v) is 5.70. The SMILES string of the molecule is COCCOC1CCC(NC(=O)c2cc(-n3ccnc3)cc3c(C(=O)O)c[nH]c23)CC1. The fraction of sp³-hybridized carbons (Fsp3) is 0.409. The Morgan fingerprint density at radius 2 is 2.03 bits per heavy atom. The minimum Gasteiger partial charge on any atom is -0.478 e. The quantitative estimate of drug-likeness (QED) is 0.477. The number of fused-ring (bicyclic) bond motifs is 1. The summed E-state index contributed by atoms with van der Waals surface area (Å²) in [6.45, 7) is 1.16. The largest absolute Gasteiger partial charge is 0.478 e. The van der Waals surface area contributed by atoms with E-state index in [1.54, 1.807) is 42.5 Å². The first kappa shape index (κ1) is 21.1. The molecule has 0 aliphatic heterocycles. The normalized spacial score (nSPS) is 18.9. The predicted molar refractivity (Wildman–Crippen MR) is 114 cm³/mol. The number of methoxy groups -OCH3 is 1. The molecule has 1 fully saturated rings. The van der Waals surface area contributed by atoms with E-state index in [1.807, 2.05) is 0 Å². The van der Waals surface area contributed by atoms with Gasteiger partial charge in [0.25, 0.3) is 5.91 Å². The number of carbonyl (C=O) groups is 2. The van der Waals surface area contributed by atoms with Gasteiger partial charge < -0.3 is 29.4 Å². The van der Waals surface area contributed by atoms with Gasteiger partial charge in [-0.1, -0.05) is 0 Å². The molecule has 0 atom stereocenters. The molecular formula is C22H26N4O5. The van der Waals surface area contributed by atoms with Crippen molar-refractivity contribution in [3.63, 3.8) is 0 Å². The minimum atomic E-state index is -1.05. The number of rotatable bonds is 8. The first-order valence-corrected chi connectivity index (χ1v) is 10.3. The topological polar surface area (TPSA) is 118 Å². The molecule has 3 N–H and O–H groups in total. The molecule has 0 bridgehead atoms. The van der Waals surface area contributed by atoms with Crippen LogP contribution in [0.5, 0.6) is 0 Å². The molecule has 2 aromatic heterocycles. The first-order chi connectivity index (χ1) is 15.1. The second-order valence-electron chi connectivity index (χ2n) is 7.70. The Bertz CT molecular complexity index is 1050. The lowest BCUT2D eigenvalue weighted by molar-refractivity contribution is -0.00408. The molecule has 0 saturated heterocycles. The van der Waals surface area contributed by atoms with E-state index >= 15 is 0 Å². The number of aromatic carboxylic acids is 1. The lowest BCUT2D eigenvalue weighted by atomic mass is 9.92. The molecule has 2 heterocycles. The number of hydrogen-bond acceptors (Lipinski definition) is 5. The van der Waals surface area contributed by atoms with Gasteiger partial charge in [-0.15, -0.1) is 0 Å².